The highest BCUT2D eigenvalue weighted by atomic mass is 31.2. The van der Waals surface area contributed by atoms with E-state index in [-0.39, 0.29) is 6.16 Å². The summed E-state index contributed by atoms with van der Waals surface area (Å²) >= 11 is 0. The van der Waals surface area contributed by atoms with Crippen LogP contribution >= 0.6 is 7.60 Å². The molecule has 0 radical (unpaired) electrons. The second kappa shape index (κ2) is 4.04. The van der Waals surface area contributed by atoms with Gasteiger partial charge >= 0.3 is 0 Å². The molecule has 4 heteroatoms. The normalized spacial score (nSPS) is 17.2. The molecule has 3 nitrogen and oxygen atoms in total. The predicted molar refractivity (Wildman–Crippen MR) is 34.4 cm³/mol. The van der Waals surface area contributed by atoms with Gasteiger partial charge in [0, 0.05) is 6.16 Å². The van der Waals surface area contributed by atoms with Crippen molar-refractivity contribution in [1.29, 1.82) is 0 Å². The highest BCUT2D eigenvalue weighted by Crippen LogP contribution is 2.35. The molecule has 0 amide bonds. The Morgan fingerprint density at radius 2 is 2.11 bits per heavy atom. The average molecular weight is 151 g/mol. The fourth-order valence-corrected chi connectivity index (χ4v) is 0.965. The van der Waals surface area contributed by atoms with Gasteiger partial charge in [-0.3, -0.25) is 0 Å². The van der Waals surface area contributed by atoms with Crippen molar-refractivity contribution in [2.75, 3.05) is 12.8 Å². The third kappa shape index (κ3) is 4.64. The smallest absolute Gasteiger partial charge is 0.134 e. The third-order valence-corrected chi connectivity index (χ3v) is 2.23. The van der Waals surface area contributed by atoms with Gasteiger partial charge < -0.3 is 14.0 Å². The van der Waals surface area contributed by atoms with Crippen LogP contribution in [0.3, 0.4) is 0 Å². The van der Waals surface area contributed by atoms with Crippen LogP contribution in [0.2, 0.25) is 0 Å². The van der Waals surface area contributed by atoms with Crippen molar-refractivity contribution >= 4 is 7.60 Å². The minimum absolute atomic E-state index is 0.0903. The van der Waals surface area contributed by atoms with Crippen molar-refractivity contribution in [2.24, 2.45) is 0 Å². The molecule has 1 unspecified atom stereocenters. The van der Waals surface area contributed by atoms with Crippen LogP contribution in [0.15, 0.2) is 0 Å². The molecule has 0 aliphatic carbocycles. The van der Waals surface area contributed by atoms with Crippen molar-refractivity contribution in [2.45, 2.75) is 20.3 Å². The molecule has 0 aliphatic heterocycles. The predicted octanol–water partition coefficient (Wildman–Crippen LogP) is 0.986. The van der Waals surface area contributed by atoms with Gasteiger partial charge in [0.15, 0.2) is 0 Å². The van der Waals surface area contributed by atoms with Gasteiger partial charge in [-0.2, -0.15) is 0 Å². The summed E-state index contributed by atoms with van der Waals surface area (Å²) in [6.45, 7) is 3.76. The fraction of sp³-hybridized carbons (Fsp3) is 1.00. The standard InChI is InChI=1S/C5H13O3P/c1-3-5-8-9(6,7)4-2/h3-5H2,1-2H3,(H,6,7)/p-1. The monoisotopic (exact) mass is 151 g/mol. The zero-order chi connectivity index (χ0) is 7.33. The first-order chi connectivity index (χ1) is 4.12. The minimum atomic E-state index is -3.44. The second-order valence-corrected chi connectivity index (χ2v) is 3.87. The van der Waals surface area contributed by atoms with Crippen molar-refractivity contribution in [3.63, 3.8) is 0 Å². The molecular weight excluding hydrogens is 139 g/mol. The maximum absolute atomic E-state index is 10.6. The average Bonchev–Trinajstić information content (AvgIpc) is 1.84. The molecule has 0 saturated carbocycles. The summed E-state index contributed by atoms with van der Waals surface area (Å²) < 4.78 is 15.1. The molecule has 0 spiro atoms. The summed E-state index contributed by atoms with van der Waals surface area (Å²) in [5.41, 5.74) is 0. The van der Waals surface area contributed by atoms with Gasteiger partial charge in [-0.05, 0) is 6.42 Å². The quantitative estimate of drug-likeness (QED) is 0.563. The Kier molecular flexibility index (Phi) is 4.11. The van der Waals surface area contributed by atoms with Crippen LogP contribution in [0.1, 0.15) is 20.3 Å². The molecule has 0 bridgehead atoms. The van der Waals surface area contributed by atoms with E-state index >= 15 is 0 Å². The van der Waals surface area contributed by atoms with E-state index in [0.29, 0.717) is 6.61 Å². The molecule has 0 saturated heterocycles. The van der Waals surface area contributed by atoms with E-state index in [1.54, 1.807) is 6.92 Å². The Labute approximate surface area is 55.6 Å². The highest BCUT2D eigenvalue weighted by Gasteiger charge is 2.01. The minimum Gasteiger partial charge on any atom is -0.779 e. The third-order valence-electron chi connectivity index (χ3n) is 0.879. The van der Waals surface area contributed by atoms with Gasteiger partial charge in [0.05, 0.1) is 6.61 Å². The van der Waals surface area contributed by atoms with Crippen LogP contribution in [-0.4, -0.2) is 12.8 Å². The van der Waals surface area contributed by atoms with Crippen LogP contribution < -0.4 is 4.89 Å². The molecule has 1 atom stereocenters. The lowest BCUT2D eigenvalue weighted by Gasteiger charge is -2.20. The van der Waals surface area contributed by atoms with Gasteiger partial charge in [0.25, 0.3) is 0 Å². The maximum atomic E-state index is 10.6. The molecule has 9 heavy (non-hydrogen) atoms. The first-order valence-corrected chi connectivity index (χ1v) is 4.79. The summed E-state index contributed by atoms with van der Waals surface area (Å²) in [5, 5.41) is 0. The zero-order valence-electron chi connectivity index (χ0n) is 5.79. The van der Waals surface area contributed by atoms with Crippen molar-refractivity contribution < 1.29 is 14.0 Å². The summed E-state index contributed by atoms with van der Waals surface area (Å²) in [6, 6.07) is 0. The Morgan fingerprint density at radius 3 is 2.44 bits per heavy atom. The van der Waals surface area contributed by atoms with E-state index in [0.717, 1.165) is 6.42 Å². The van der Waals surface area contributed by atoms with Crippen LogP contribution in [0.5, 0.6) is 0 Å². The number of hydrogen-bond donors (Lipinski definition) is 0. The highest BCUT2D eigenvalue weighted by molar-refractivity contribution is 7.51. The van der Waals surface area contributed by atoms with Crippen molar-refractivity contribution in [3.8, 4) is 0 Å². The van der Waals surface area contributed by atoms with Crippen molar-refractivity contribution in [1.82, 2.24) is 0 Å². The SMILES string of the molecule is CCCOP(=O)([O-])CC. The molecule has 0 aromatic rings. The van der Waals surface area contributed by atoms with Crippen molar-refractivity contribution in [3.05, 3.63) is 0 Å². The largest absolute Gasteiger partial charge is 0.779 e. The van der Waals surface area contributed by atoms with Crippen LogP contribution in [0.4, 0.5) is 0 Å². The first-order valence-electron chi connectivity index (χ1n) is 3.07. The van der Waals surface area contributed by atoms with E-state index in [1.807, 2.05) is 6.92 Å². The van der Waals surface area contributed by atoms with Crippen LogP contribution in [0, 0.1) is 0 Å². The molecule has 0 aliphatic rings. The lowest BCUT2D eigenvalue weighted by Crippen LogP contribution is -2.06. The summed E-state index contributed by atoms with van der Waals surface area (Å²) in [5.74, 6) is 0. The Bertz CT molecular complexity index is 113. The summed E-state index contributed by atoms with van der Waals surface area (Å²) in [6.07, 6.45) is 0.833. The molecular formula is C5H12O3P-. The molecule has 0 heterocycles. The zero-order valence-corrected chi connectivity index (χ0v) is 6.69. The van der Waals surface area contributed by atoms with E-state index in [1.165, 1.54) is 0 Å². The maximum Gasteiger partial charge on any atom is 0.134 e. The van der Waals surface area contributed by atoms with Gasteiger partial charge in [-0.15, -0.1) is 0 Å². The molecule has 0 rings (SSSR count). The molecule has 56 valence electrons. The topological polar surface area (TPSA) is 49.4 Å². The Hall–Kier alpha value is 0.150. The Morgan fingerprint density at radius 1 is 1.56 bits per heavy atom. The molecule has 0 fully saturated rings. The fourth-order valence-electron chi connectivity index (χ4n) is 0.322. The second-order valence-electron chi connectivity index (χ2n) is 1.76. The van der Waals surface area contributed by atoms with Gasteiger partial charge in [-0.1, -0.05) is 13.8 Å². The molecule has 0 N–H and O–H groups in total. The first kappa shape index (κ1) is 9.15. The summed E-state index contributed by atoms with van der Waals surface area (Å²) in [4.78, 5) is 10.6. The van der Waals surface area contributed by atoms with E-state index in [4.69, 9.17) is 0 Å². The van der Waals surface area contributed by atoms with Crippen LogP contribution in [0.25, 0.3) is 0 Å². The lowest BCUT2D eigenvalue weighted by molar-refractivity contribution is -0.198. The summed E-state index contributed by atoms with van der Waals surface area (Å²) in [7, 11) is -3.44. The van der Waals surface area contributed by atoms with E-state index in [2.05, 4.69) is 4.52 Å². The number of hydrogen-bond acceptors (Lipinski definition) is 3. The molecule has 0 aromatic heterocycles. The van der Waals surface area contributed by atoms with Gasteiger partial charge in [-0.25, -0.2) is 0 Å². The van der Waals surface area contributed by atoms with Gasteiger partial charge in [0.1, 0.15) is 7.60 Å². The Balaban J connectivity index is 3.46. The van der Waals surface area contributed by atoms with E-state index in [9.17, 15) is 9.46 Å². The lowest BCUT2D eigenvalue weighted by atomic mass is 10.5. The van der Waals surface area contributed by atoms with Gasteiger partial charge in [0.2, 0.25) is 0 Å². The van der Waals surface area contributed by atoms with E-state index < -0.39 is 7.60 Å². The number of rotatable bonds is 4. The molecule has 0 aromatic carbocycles. The van der Waals surface area contributed by atoms with Crippen LogP contribution in [-0.2, 0) is 9.09 Å².